The largest absolute Gasteiger partial charge is 0.467 e. The molecule has 0 radical (unpaired) electrons. The van der Waals surface area contributed by atoms with Crippen molar-refractivity contribution >= 4 is 11.4 Å². The van der Waals surface area contributed by atoms with Crippen LogP contribution >= 0.6 is 0 Å². The van der Waals surface area contributed by atoms with E-state index < -0.39 is 10.9 Å². The Morgan fingerprint density at radius 1 is 1.09 bits per heavy atom. The average molecular weight is 298 g/mol. The van der Waals surface area contributed by atoms with E-state index in [1.165, 1.54) is 12.8 Å². The van der Waals surface area contributed by atoms with E-state index in [0.717, 1.165) is 12.3 Å². The number of allylic oxidation sites excluding steroid dienone is 2. The highest BCUT2D eigenvalue weighted by molar-refractivity contribution is 5.73. The quantitative estimate of drug-likeness (QED) is 0.631. The molecule has 22 heavy (non-hydrogen) atoms. The monoisotopic (exact) mass is 298 g/mol. The molecule has 1 aromatic heterocycles. The molecule has 0 spiro atoms. The summed E-state index contributed by atoms with van der Waals surface area (Å²) in [5.41, 5.74) is -0.0362. The van der Waals surface area contributed by atoms with Gasteiger partial charge >= 0.3 is 0 Å². The maximum absolute atomic E-state index is 11.8. The number of hydrogen-bond donors (Lipinski definition) is 2. The van der Waals surface area contributed by atoms with Gasteiger partial charge in [0.2, 0.25) is 0 Å². The molecule has 2 N–H and O–H groups in total. The highest BCUT2D eigenvalue weighted by Crippen LogP contribution is 2.43. The van der Waals surface area contributed by atoms with E-state index in [-0.39, 0.29) is 0 Å². The van der Waals surface area contributed by atoms with Crippen LogP contribution in [0.5, 0.6) is 0 Å². The molecule has 1 heterocycles. The van der Waals surface area contributed by atoms with E-state index in [1.807, 2.05) is 6.07 Å². The van der Waals surface area contributed by atoms with Crippen LogP contribution in [0.1, 0.15) is 18.6 Å². The Hall–Kier alpha value is -2.30. The van der Waals surface area contributed by atoms with Gasteiger partial charge in [-0.15, -0.1) is 0 Å². The van der Waals surface area contributed by atoms with Gasteiger partial charge in [0.15, 0.2) is 0 Å². The molecule has 0 amide bonds. The summed E-state index contributed by atoms with van der Waals surface area (Å²) in [6, 6.07) is 3.62. The zero-order valence-electron chi connectivity index (χ0n) is 12.2. The minimum absolute atomic E-state index is 0.389. The summed E-state index contributed by atoms with van der Waals surface area (Å²) in [6.45, 7) is 1.16. The van der Waals surface area contributed by atoms with Crippen LogP contribution in [-0.4, -0.2) is 6.54 Å². The molecule has 3 unspecified atom stereocenters. The molecule has 1 aromatic carbocycles. The molecule has 2 aliphatic rings. The highest BCUT2D eigenvalue weighted by atomic mass is 16.3. The van der Waals surface area contributed by atoms with Crippen LogP contribution in [0.25, 0.3) is 0 Å². The molecule has 2 bridgehead atoms. The predicted molar refractivity (Wildman–Crippen MR) is 84.7 cm³/mol. The van der Waals surface area contributed by atoms with Gasteiger partial charge < -0.3 is 15.1 Å². The SMILES string of the molecule is O=c1c(NCc2ccco2)c(NCC2CC3C=CC2C3)c1=O. The number of nitrogens with one attached hydrogen (secondary N) is 2. The molecule has 0 aliphatic heterocycles. The Bertz CT molecular complexity index is 768. The number of furan rings is 1. The summed E-state index contributed by atoms with van der Waals surface area (Å²) in [5, 5.41) is 6.19. The molecule has 5 heteroatoms. The smallest absolute Gasteiger partial charge is 0.253 e. The first-order valence-corrected chi connectivity index (χ1v) is 7.74. The van der Waals surface area contributed by atoms with Gasteiger partial charge in [-0.25, -0.2) is 0 Å². The third-order valence-electron chi connectivity index (χ3n) is 4.89. The Balaban J connectivity index is 1.39. The van der Waals surface area contributed by atoms with Gasteiger partial charge in [-0.1, -0.05) is 12.2 Å². The van der Waals surface area contributed by atoms with Crippen LogP contribution in [-0.2, 0) is 6.54 Å². The van der Waals surface area contributed by atoms with E-state index in [4.69, 9.17) is 4.42 Å². The second-order valence-electron chi connectivity index (χ2n) is 6.26. The molecule has 1 fully saturated rings. The van der Waals surface area contributed by atoms with Crippen LogP contribution in [0.15, 0.2) is 44.6 Å². The molecule has 1 saturated carbocycles. The number of hydrogen-bond acceptors (Lipinski definition) is 5. The zero-order valence-corrected chi connectivity index (χ0v) is 12.2. The van der Waals surface area contributed by atoms with Crippen molar-refractivity contribution in [1.29, 1.82) is 0 Å². The van der Waals surface area contributed by atoms with Crippen molar-refractivity contribution in [2.24, 2.45) is 17.8 Å². The van der Waals surface area contributed by atoms with Crippen molar-refractivity contribution < 1.29 is 4.42 Å². The highest BCUT2D eigenvalue weighted by Gasteiger charge is 2.35. The summed E-state index contributed by atoms with van der Waals surface area (Å²) in [6.07, 6.45) is 8.59. The molecule has 0 saturated heterocycles. The predicted octanol–water partition coefficient (Wildman–Crippen LogP) is 2.11. The van der Waals surface area contributed by atoms with Crippen LogP contribution in [0.3, 0.4) is 0 Å². The molecule has 114 valence electrons. The number of fused-ring (bicyclic) bond motifs is 2. The fourth-order valence-electron chi connectivity index (χ4n) is 3.68. The van der Waals surface area contributed by atoms with E-state index in [0.29, 0.717) is 35.7 Å². The molecule has 3 atom stereocenters. The second kappa shape index (κ2) is 5.16. The maximum Gasteiger partial charge on any atom is 0.253 e. The van der Waals surface area contributed by atoms with Crippen molar-refractivity contribution in [2.45, 2.75) is 19.4 Å². The van der Waals surface area contributed by atoms with Gasteiger partial charge in [-0.3, -0.25) is 9.59 Å². The lowest BCUT2D eigenvalue weighted by atomic mass is 9.93. The molecular weight excluding hydrogens is 280 g/mol. The number of rotatable bonds is 6. The van der Waals surface area contributed by atoms with Crippen LogP contribution in [0.4, 0.5) is 11.4 Å². The maximum atomic E-state index is 11.8. The normalized spacial score (nSPS) is 25.9. The van der Waals surface area contributed by atoms with E-state index in [2.05, 4.69) is 22.8 Å². The van der Waals surface area contributed by atoms with Crippen LogP contribution in [0, 0.1) is 17.8 Å². The summed E-state index contributed by atoms with van der Waals surface area (Å²) >= 11 is 0. The molecular formula is C17H18N2O3. The van der Waals surface area contributed by atoms with E-state index in [9.17, 15) is 9.59 Å². The summed E-state index contributed by atoms with van der Waals surface area (Å²) in [5.74, 6) is 2.64. The average Bonchev–Trinajstić information content (AvgIpc) is 3.26. The summed E-state index contributed by atoms with van der Waals surface area (Å²) in [7, 11) is 0. The summed E-state index contributed by atoms with van der Waals surface area (Å²) in [4.78, 5) is 23.5. The van der Waals surface area contributed by atoms with Gasteiger partial charge in [0.25, 0.3) is 10.9 Å². The Labute approximate surface area is 127 Å². The van der Waals surface area contributed by atoms with Crippen molar-refractivity contribution in [3.8, 4) is 0 Å². The van der Waals surface area contributed by atoms with Gasteiger partial charge in [0.05, 0.1) is 12.8 Å². The topological polar surface area (TPSA) is 71.3 Å². The molecule has 5 nitrogen and oxygen atoms in total. The minimum Gasteiger partial charge on any atom is -0.467 e. The van der Waals surface area contributed by atoms with Crippen molar-refractivity contribution in [3.05, 3.63) is 56.8 Å². The Morgan fingerprint density at radius 2 is 1.91 bits per heavy atom. The summed E-state index contributed by atoms with van der Waals surface area (Å²) < 4.78 is 5.22. The lowest BCUT2D eigenvalue weighted by Crippen LogP contribution is -2.38. The Kier molecular flexibility index (Phi) is 3.13. The third-order valence-corrected chi connectivity index (χ3v) is 4.89. The van der Waals surface area contributed by atoms with Crippen molar-refractivity contribution in [1.82, 2.24) is 0 Å². The second-order valence-corrected chi connectivity index (χ2v) is 6.26. The first-order valence-electron chi connectivity index (χ1n) is 7.74. The molecule has 4 rings (SSSR count). The Morgan fingerprint density at radius 3 is 2.55 bits per heavy atom. The molecule has 2 aromatic rings. The lowest BCUT2D eigenvalue weighted by Gasteiger charge is -2.21. The van der Waals surface area contributed by atoms with Gasteiger partial charge in [0, 0.05) is 6.54 Å². The van der Waals surface area contributed by atoms with Gasteiger partial charge in [0.1, 0.15) is 17.1 Å². The van der Waals surface area contributed by atoms with Crippen LogP contribution in [0.2, 0.25) is 0 Å². The molecule has 2 aliphatic carbocycles. The van der Waals surface area contributed by atoms with Crippen molar-refractivity contribution in [2.75, 3.05) is 17.2 Å². The fraction of sp³-hybridized carbons (Fsp3) is 0.412. The fourth-order valence-corrected chi connectivity index (χ4v) is 3.68. The lowest BCUT2D eigenvalue weighted by molar-refractivity contribution is 0.471. The van der Waals surface area contributed by atoms with E-state index in [1.54, 1.807) is 12.3 Å². The standard InChI is InChI=1S/C17H18N2O3/c20-16-14(18-8-12-7-10-3-4-11(12)6-10)15(17(16)21)19-9-13-2-1-5-22-13/h1-5,10-12,18-19H,6-9H2. The first-order chi connectivity index (χ1) is 10.7. The number of anilines is 2. The van der Waals surface area contributed by atoms with Crippen LogP contribution < -0.4 is 21.5 Å². The van der Waals surface area contributed by atoms with Gasteiger partial charge in [-0.05, 0) is 42.7 Å². The third kappa shape index (κ3) is 2.17. The van der Waals surface area contributed by atoms with Gasteiger partial charge in [-0.2, -0.15) is 0 Å². The van der Waals surface area contributed by atoms with Crippen molar-refractivity contribution in [3.63, 3.8) is 0 Å². The van der Waals surface area contributed by atoms with E-state index >= 15 is 0 Å². The first kappa shape index (κ1) is 13.4. The zero-order chi connectivity index (χ0) is 15.1. The minimum atomic E-state index is -0.443.